The van der Waals surface area contributed by atoms with Gasteiger partial charge in [0.25, 0.3) is 0 Å². The summed E-state index contributed by atoms with van der Waals surface area (Å²) in [7, 11) is 1.29. The second-order valence-corrected chi connectivity index (χ2v) is 1.58. The molecule has 1 rings (SSSR count). The van der Waals surface area contributed by atoms with Crippen molar-refractivity contribution in [2.24, 2.45) is 0 Å². The molecule has 0 aromatic rings. The molecule has 0 unspecified atom stereocenters. The molecule has 0 aromatic carbocycles. The van der Waals surface area contributed by atoms with E-state index in [-0.39, 0.29) is 51.4 Å². The largest absolute Gasteiger partial charge is 0.492 e. The minimum Gasteiger partial charge on any atom is -0.492 e. The van der Waals surface area contributed by atoms with Gasteiger partial charge in [-0.1, -0.05) is 0 Å². The van der Waals surface area contributed by atoms with Crippen LogP contribution in [0.2, 0.25) is 0 Å². The third-order valence-corrected chi connectivity index (χ3v) is 0.814. The molecule has 0 saturated heterocycles. The minimum absolute atomic E-state index is 0. The number of allylic oxidation sites excluding steroid dienone is 4. The maximum Gasteiger partial charge on any atom is 0.164 e. The minimum atomic E-state index is -0.495. The van der Waals surface area contributed by atoms with E-state index < -0.39 is 5.97 Å². The zero-order chi connectivity index (χ0) is 7.82. The number of esters is 1. The molecule has 0 aromatic heterocycles. The first-order valence-corrected chi connectivity index (χ1v) is 2.89. The Morgan fingerprint density at radius 3 is 1.80 bits per heavy atom. The van der Waals surface area contributed by atoms with Gasteiger partial charge in [0.2, 0.25) is 0 Å². The summed E-state index contributed by atoms with van der Waals surface area (Å²) >= 11 is 0. The Labute approximate surface area is 112 Å². The van der Waals surface area contributed by atoms with Crippen LogP contribution in [0.15, 0.2) is 18.2 Å². The normalized spacial score (nSPS) is 8.07. The van der Waals surface area contributed by atoms with E-state index in [2.05, 4.69) is 23.8 Å². The molecule has 0 fully saturated rings. The fourth-order valence-electron chi connectivity index (χ4n) is 0.340. The number of carbonyl (C=O) groups excluding carboxylic acids is 1. The molecule has 0 radical (unpaired) electrons. The smallest absolute Gasteiger partial charge is 0.164 e. The van der Waals surface area contributed by atoms with Gasteiger partial charge in [0.05, 0.1) is 7.11 Å². The Morgan fingerprint density at radius 1 is 1.33 bits per heavy atom. The van der Waals surface area contributed by atoms with E-state index in [9.17, 15) is 4.79 Å². The van der Waals surface area contributed by atoms with E-state index >= 15 is 0 Å². The predicted octanol–water partition coefficient (Wildman–Crippen LogP) is 3.10. The number of rotatable bonds is 0. The average Bonchev–Trinajstić information content (AvgIpc) is 2.43. The van der Waals surface area contributed by atoms with Crippen LogP contribution in [-0.4, -0.2) is 13.1 Å². The van der Waals surface area contributed by atoms with Crippen LogP contribution in [0.25, 0.3) is 0 Å². The van der Waals surface area contributed by atoms with Gasteiger partial charge in [-0.2, -0.15) is 6.08 Å². The first kappa shape index (κ1) is 36.6. The Balaban J connectivity index is -0.0000000202. The molecule has 3 heteroatoms. The van der Waals surface area contributed by atoms with E-state index in [1.165, 1.54) is 7.11 Å². The molecule has 0 atom stereocenters. The monoisotopic (exact) mass is 246 g/mol. The van der Waals surface area contributed by atoms with Gasteiger partial charge in [0.1, 0.15) is 0 Å². The van der Waals surface area contributed by atoms with Gasteiger partial charge < -0.3 is 34.4 Å². The number of hydrogen-bond donors (Lipinski definition) is 0. The molecule has 0 amide bonds. The Morgan fingerprint density at radius 2 is 1.73 bits per heavy atom. The van der Waals surface area contributed by atoms with E-state index in [1.807, 2.05) is 12.2 Å². The van der Waals surface area contributed by atoms with Crippen molar-refractivity contribution >= 4 is 5.97 Å². The molecular weight excluding hydrogens is 224 g/mol. The van der Waals surface area contributed by atoms with Crippen molar-refractivity contribution < 1.29 is 31.2 Å². The summed E-state index contributed by atoms with van der Waals surface area (Å²) in [5, 5.41) is 0. The molecule has 0 aliphatic heterocycles. The third kappa shape index (κ3) is 42.2. The fraction of sp³-hybridized carbons (Fsp3) is 0.167. The van der Waals surface area contributed by atoms with Crippen molar-refractivity contribution in [1.29, 1.82) is 0 Å². The number of ether oxygens (including phenoxy) is 1. The third-order valence-electron chi connectivity index (χ3n) is 0.814. The number of methoxy groups -OCH3 is 1. The van der Waals surface area contributed by atoms with E-state index in [4.69, 9.17) is 0 Å². The van der Waals surface area contributed by atoms with Crippen molar-refractivity contribution in [3.63, 3.8) is 0 Å². The first-order chi connectivity index (χ1) is 4.77. The molecule has 15 heavy (non-hydrogen) atoms. The van der Waals surface area contributed by atoms with Crippen LogP contribution >= 0.6 is 0 Å². The molecular formula is C12H22O2Ti-6. The van der Waals surface area contributed by atoms with Crippen molar-refractivity contribution in [3.8, 4) is 0 Å². The quantitative estimate of drug-likeness (QED) is 0.373. The molecule has 0 heterocycles. The second-order valence-electron chi connectivity index (χ2n) is 1.58. The average molecular weight is 246 g/mol. The van der Waals surface area contributed by atoms with Gasteiger partial charge in [0.15, 0.2) is 5.97 Å². The van der Waals surface area contributed by atoms with Crippen molar-refractivity contribution in [2.75, 3.05) is 7.11 Å². The van der Waals surface area contributed by atoms with Crippen LogP contribution in [0.1, 0.15) is 6.42 Å². The van der Waals surface area contributed by atoms with Crippen molar-refractivity contribution in [2.45, 2.75) is 6.42 Å². The summed E-state index contributed by atoms with van der Waals surface area (Å²) < 4.78 is 4.00. The van der Waals surface area contributed by atoms with Crippen LogP contribution in [-0.2, 0) is 31.2 Å². The zero-order valence-electron chi connectivity index (χ0n) is 10.5. The molecule has 2 nitrogen and oxygen atoms in total. The van der Waals surface area contributed by atoms with Crippen molar-refractivity contribution in [1.82, 2.24) is 0 Å². The van der Waals surface area contributed by atoms with Crippen LogP contribution in [0.5, 0.6) is 0 Å². The standard InChI is InChI=1S/C5H5.C3H5O2.4CH3.Ti/c1-2-4-5-3-1;1-3(4)5-2;;;;;/h1-3H,4H2;1H2,2H3;4*1H3;/q6*-1;. The zero-order valence-corrected chi connectivity index (χ0v) is 12.0. The van der Waals surface area contributed by atoms with Gasteiger partial charge in [-0.25, -0.2) is 12.2 Å². The molecule has 0 bridgehead atoms. The first-order valence-electron chi connectivity index (χ1n) is 2.89. The van der Waals surface area contributed by atoms with Crippen LogP contribution in [0, 0.1) is 42.7 Å². The topological polar surface area (TPSA) is 26.3 Å². The second kappa shape index (κ2) is 29.2. The summed E-state index contributed by atoms with van der Waals surface area (Å²) in [4.78, 5) is 9.48. The van der Waals surface area contributed by atoms with Gasteiger partial charge in [-0.15, -0.1) is 6.42 Å². The van der Waals surface area contributed by atoms with Gasteiger partial charge in [-0.3, -0.25) is 17.8 Å². The maximum atomic E-state index is 9.48. The molecule has 0 N–H and O–H groups in total. The number of hydrogen-bond acceptors (Lipinski definition) is 2. The summed E-state index contributed by atoms with van der Waals surface area (Å²) in [5.74, 6) is -0.495. The van der Waals surface area contributed by atoms with Crippen LogP contribution in [0.4, 0.5) is 0 Å². The van der Waals surface area contributed by atoms with E-state index in [1.54, 1.807) is 0 Å². The van der Waals surface area contributed by atoms with Gasteiger partial charge in [0, 0.05) is 21.7 Å². The molecule has 92 valence electrons. The van der Waals surface area contributed by atoms with Crippen molar-refractivity contribution in [3.05, 3.63) is 60.9 Å². The maximum absolute atomic E-state index is 9.48. The fourth-order valence-corrected chi connectivity index (χ4v) is 0.340. The van der Waals surface area contributed by atoms with Crippen LogP contribution in [0.3, 0.4) is 0 Å². The molecule has 0 spiro atoms. The van der Waals surface area contributed by atoms with E-state index in [0.29, 0.717) is 0 Å². The van der Waals surface area contributed by atoms with Crippen LogP contribution < -0.4 is 0 Å². The van der Waals surface area contributed by atoms with Gasteiger partial charge >= 0.3 is 0 Å². The summed E-state index contributed by atoms with van der Waals surface area (Å²) in [6, 6.07) is 0. The summed E-state index contributed by atoms with van der Waals surface area (Å²) in [6.45, 7) is 2.90. The molecule has 1 aliphatic rings. The SMILES string of the molecule is [C-]1=CC=CC1.[CH2-]C(=O)OC.[CH3-].[CH3-].[CH3-].[CH3-].[Ti]. The Kier molecular flexibility index (Phi) is 71.1. The Hall–Kier alpha value is -0.466. The number of carbonyl (C=O) groups is 1. The van der Waals surface area contributed by atoms with E-state index in [0.717, 1.165) is 6.42 Å². The molecule has 1 aliphatic carbocycles. The predicted molar refractivity (Wildman–Crippen MR) is 64.6 cm³/mol. The Bertz CT molecular complexity index is 142. The molecule has 0 saturated carbocycles. The summed E-state index contributed by atoms with van der Waals surface area (Å²) in [6.07, 6.45) is 10.0. The van der Waals surface area contributed by atoms with Gasteiger partial charge in [-0.05, 0) is 0 Å². The summed E-state index contributed by atoms with van der Waals surface area (Å²) in [5.41, 5.74) is 0.